The maximum atomic E-state index is 11.1. The summed E-state index contributed by atoms with van der Waals surface area (Å²) < 4.78 is 24.4. The second kappa shape index (κ2) is 6.90. The first-order chi connectivity index (χ1) is 6.85. The van der Waals surface area contributed by atoms with Crippen molar-refractivity contribution in [1.29, 1.82) is 0 Å². The molecule has 0 aliphatic rings. The Morgan fingerprint density at radius 3 is 2.06 bits per heavy atom. The first-order valence-electron chi connectivity index (χ1n) is 3.57. The van der Waals surface area contributed by atoms with Crippen LogP contribution in [0.4, 0.5) is 5.69 Å². The Hall–Kier alpha value is 1.13. The van der Waals surface area contributed by atoms with Gasteiger partial charge in [-0.15, -0.1) is 11.6 Å². The third-order valence-corrected chi connectivity index (χ3v) is 4.13. The zero-order valence-electron chi connectivity index (χ0n) is 8.10. The van der Waals surface area contributed by atoms with Crippen LogP contribution in [0.3, 0.4) is 0 Å². The van der Waals surface area contributed by atoms with Gasteiger partial charge in [-0.2, -0.15) is 0 Å². The molecule has 9 heteroatoms. The van der Waals surface area contributed by atoms with E-state index in [9.17, 15) is 8.42 Å². The van der Waals surface area contributed by atoms with E-state index in [4.69, 9.17) is 46.4 Å². The summed E-state index contributed by atoms with van der Waals surface area (Å²) in [6, 6.07) is 2.66. The van der Waals surface area contributed by atoms with Crippen molar-refractivity contribution in [3.05, 3.63) is 27.2 Å². The topological polar surface area (TPSA) is 46.2 Å². The fourth-order valence-electron chi connectivity index (χ4n) is 0.796. The number of halogens is 4. The minimum absolute atomic E-state index is 0. The molecule has 85 valence electrons. The van der Waals surface area contributed by atoms with Gasteiger partial charge in [0.2, 0.25) is 10.0 Å². The van der Waals surface area contributed by atoms with Gasteiger partial charge in [0.15, 0.2) is 0 Å². The molecular weight excluding hydrogens is 327 g/mol. The van der Waals surface area contributed by atoms with Gasteiger partial charge >= 0.3 is 0 Å². The summed E-state index contributed by atoms with van der Waals surface area (Å²) in [7, 11) is -3.60. The molecule has 0 aliphatic heterocycles. The van der Waals surface area contributed by atoms with Gasteiger partial charge in [-0.1, -0.05) is 34.8 Å². The zero-order chi connectivity index (χ0) is 11.6. The molecule has 3 nitrogen and oxygen atoms in total. The second-order valence-corrected chi connectivity index (χ2v) is 6.10. The molecule has 0 saturated carbocycles. The third-order valence-electron chi connectivity index (χ3n) is 1.42. The van der Waals surface area contributed by atoms with Gasteiger partial charge < -0.3 is 0 Å². The predicted octanol–water partition coefficient (Wildman–Crippen LogP) is 3.20. The molecule has 1 aromatic carbocycles. The maximum absolute atomic E-state index is 11.1. The summed E-state index contributed by atoms with van der Waals surface area (Å²) in [5.74, 6) is 0. The van der Waals surface area contributed by atoms with Crippen molar-refractivity contribution in [2.75, 3.05) is 9.93 Å². The molecule has 0 bridgehead atoms. The summed E-state index contributed by atoms with van der Waals surface area (Å²) >= 11 is 22.3. The molecule has 0 aliphatic carbocycles. The molecule has 0 atom stereocenters. The van der Waals surface area contributed by atoms with E-state index >= 15 is 0 Å². The van der Waals surface area contributed by atoms with E-state index in [1.54, 1.807) is 0 Å². The Kier molecular flexibility index (Phi) is 7.39. The number of sulfonamides is 1. The van der Waals surface area contributed by atoms with Crippen molar-refractivity contribution < 1.29 is 8.42 Å². The standard InChI is InChI=1S/C7H5Cl4NO2S.Na/c8-3-15(13,14)12-7-2-5(10)4(9)1-6(7)11;/h1-2,12H,3H2;. The smallest absolute Gasteiger partial charge is 0.246 e. The minimum Gasteiger partial charge on any atom is -0.281 e. The molecule has 0 heterocycles. The van der Waals surface area contributed by atoms with Gasteiger partial charge in [-0.05, 0) is 12.1 Å². The molecule has 1 radical (unpaired) electrons. The van der Waals surface area contributed by atoms with E-state index in [0.717, 1.165) is 0 Å². The van der Waals surface area contributed by atoms with Crippen LogP contribution in [-0.2, 0) is 10.0 Å². The number of alkyl halides is 1. The van der Waals surface area contributed by atoms with E-state index in [-0.39, 0.29) is 50.3 Å². The van der Waals surface area contributed by atoms with Crippen LogP contribution in [0.25, 0.3) is 0 Å². The molecule has 1 rings (SSSR count). The number of rotatable bonds is 3. The molecule has 0 saturated heterocycles. The summed E-state index contributed by atoms with van der Waals surface area (Å²) in [5, 5.41) is 0.0331. The molecule has 0 unspecified atom stereocenters. The molecule has 1 aromatic rings. The van der Waals surface area contributed by atoms with Crippen molar-refractivity contribution in [3.8, 4) is 0 Å². The SMILES string of the molecule is O=S(=O)(CCl)Nc1cc(Cl)c(Cl)cc1Cl.[Na]. The Balaban J connectivity index is 0.00000225. The number of hydrogen-bond donors (Lipinski definition) is 1. The number of hydrogen-bond acceptors (Lipinski definition) is 2. The molecule has 1 N–H and O–H groups in total. The number of benzene rings is 1. The van der Waals surface area contributed by atoms with Crippen LogP contribution in [-0.4, -0.2) is 43.2 Å². The first-order valence-corrected chi connectivity index (χ1v) is 6.89. The zero-order valence-corrected chi connectivity index (χ0v) is 13.9. The van der Waals surface area contributed by atoms with Crippen LogP contribution in [0, 0.1) is 0 Å². The maximum Gasteiger partial charge on any atom is 0.246 e. The molecule has 0 amide bonds. The minimum atomic E-state index is -3.60. The average Bonchev–Trinajstić information content (AvgIpc) is 2.14. The predicted molar refractivity (Wildman–Crippen MR) is 70.5 cm³/mol. The first kappa shape index (κ1) is 17.1. The normalized spacial score (nSPS) is 10.8. The van der Waals surface area contributed by atoms with Crippen LogP contribution in [0.15, 0.2) is 12.1 Å². The van der Waals surface area contributed by atoms with Crippen LogP contribution in [0.1, 0.15) is 0 Å². The molecular formula is C7H5Cl4NNaO2S. The summed E-state index contributed by atoms with van der Waals surface area (Å²) in [6.07, 6.45) is 0. The van der Waals surface area contributed by atoms with Crippen LogP contribution >= 0.6 is 46.4 Å². The Morgan fingerprint density at radius 2 is 1.56 bits per heavy atom. The molecule has 0 spiro atoms. The van der Waals surface area contributed by atoms with E-state index < -0.39 is 15.2 Å². The van der Waals surface area contributed by atoms with Crippen LogP contribution < -0.4 is 4.72 Å². The quantitative estimate of drug-likeness (QED) is 0.525. The van der Waals surface area contributed by atoms with E-state index in [1.165, 1.54) is 12.1 Å². The number of anilines is 1. The van der Waals surface area contributed by atoms with Crippen molar-refractivity contribution in [3.63, 3.8) is 0 Å². The van der Waals surface area contributed by atoms with E-state index in [2.05, 4.69) is 4.72 Å². The Bertz CT molecular complexity index is 480. The summed E-state index contributed by atoms with van der Waals surface area (Å²) in [4.78, 5) is 0. The van der Waals surface area contributed by atoms with Gasteiger partial charge in [0.05, 0.1) is 20.8 Å². The van der Waals surface area contributed by atoms with Gasteiger partial charge in [0, 0.05) is 29.6 Å². The summed E-state index contributed by atoms with van der Waals surface area (Å²) in [6.45, 7) is 0. The molecule has 0 aromatic heterocycles. The average molecular weight is 332 g/mol. The van der Waals surface area contributed by atoms with Gasteiger partial charge in [0.1, 0.15) is 5.21 Å². The monoisotopic (exact) mass is 330 g/mol. The van der Waals surface area contributed by atoms with Crippen molar-refractivity contribution in [2.45, 2.75) is 0 Å². The number of nitrogens with one attached hydrogen (secondary N) is 1. The Labute approximate surface area is 136 Å². The fraction of sp³-hybridized carbons (Fsp3) is 0.143. The van der Waals surface area contributed by atoms with Crippen molar-refractivity contribution in [1.82, 2.24) is 0 Å². The van der Waals surface area contributed by atoms with Gasteiger partial charge in [0.25, 0.3) is 0 Å². The molecule has 16 heavy (non-hydrogen) atoms. The van der Waals surface area contributed by atoms with Gasteiger partial charge in [-0.3, -0.25) is 4.72 Å². The van der Waals surface area contributed by atoms with E-state index in [1.807, 2.05) is 0 Å². The molecule has 0 fully saturated rings. The Morgan fingerprint density at radius 1 is 1.06 bits per heavy atom. The van der Waals surface area contributed by atoms with Crippen molar-refractivity contribution in [2.24, 2.45) is 0 Å². The fourth-order valence-corrected chi connectivity index (χ4v) is 2.17. The van der Waals surface area contributed by atoms with Crippen molar-refractivity contribution >= 4 is 91.7 Å². The largest absolute Gasteiger partial charge is 0.281 e. The van der Waals surface area contributed by atoms with Crippen LogP contribution in [0.2, 0.25) is 15.1 Å². The second-order valence-electron chi connectivity index (χ2n) is 2.57. The van der Waals surface area contributed by atoms with E-state index in [0.29, 0.717) is 0 Å². The summed E-state index contributed by atoms with van der Waals surface area (Å²) in [5.41, 5.74) is 0.145. The van der Waals surface area contributed by atoms with Crippen LogP contribution in [0.5, 0.6) is 0 Å². The van der Waals surface area contributed by atoms with Gasteiger partial charge in [-0.25, -0.2) is 8.42 Å². The third kappa shape index (κ3) is 4.78.